The monoisotopic (exact) mass is 365 g/mol. The number of rotatable bonds is 5. The number of likely N-dealkylation sites (tertiary alicyclic amines) is 1. The summed E-state index contributed by atoms with van der Waals surface area (Å²) >= 11 is 0. The Morgan fingerprint density at radius 1 is 1.07 bits per heavy atom. The smallest absolute Gasteiger partial charge is 0.222 e. The first kappa shape index (κ1) is 18.2. The molecule has 1 aromatic heterocycles. The standard InChI is InChI=1S/C22H31N5/c1-18-15-20(25-21(23)24-18)27-14-11-22(17-27)10-6-13-26(16-22)12-5-9-19-7-3-2-4-8-19/h2-4,7-8,15H,5-6,9-14,16-17H2,1H3,(H2,23,24,25)/t22-/m0/s1. The van der Waals surface area contributed by atoms with Gasteiger partial charge in [0.05, 0.1) is 0 Å². The fourth-order valence-electron chi connectivity index (χ4n) is 4.85. The molecule has 2 aromatic rings. The van der Waals surface area contributed by atoms with E-state index in [0.29, 0.717) is 11.4 Å². The van der Waals surface area contributed by atoms with Crippen LogP contribution in [0.15, 0.2) is 36.4 Å². The number of nitrogens with zero attached hydrogens (tertiary/aromatic N) is 4. The molecule has 1 spiro atoms. The van der Waals surface area contributed by atoms with Crippen LogP contribution >= 0.6 is 0 Å². The molecule has 0 unspecified atom stereocenters. The third kappa shape index (κ3) is 4.41. The first-order valence-electron chi connectivity index (χ1n) is 10.2. The number of aromatic nitrogens is 2. The highest BCUT2D eigenvalue weighted by Gasteiger charge is 2.41. The van der Waals surface area contributed by atoms with Gasteiger partial charge in [0.2, 0.25) is 5.95 Å². The van der Waals surface area contributed by atoms with E-state index in [2.05, 4.69) is 56.2 Å². The maximum atomic E-state index is 5.86. The lowest BCUT2D eigenvalue weighted by atomic mass is 9.79. The minimum absolute atomic E-state index is 0.386. The van der Waals surface area contributed by atoms with Crippen LogP contribution in [-0.2, 0) is 6.42 Å². The lowest BCUT2D eigenvalue weighted by Gasteiger charge is -2.40. The number of hydrogen-bond acceptors (Lipinski definition) is 5. The Labute approximate surface area is 162 Å². The fraction of sp³-hybridized carbons (Fsp3) is 0.545. The average molecular weight is 366 g/mol. The minimum Gasteiger partial charge on any atom is -0.368 e. The quantitative estimate of drug-likeness (QED) is 0.881. The zero-order valence-corrected chi connectivity index (χ0v) is 16.4. The fourth-order valence-corrected chi connectivity index (χ4v) is 4.85. The van der Waals surface area contributed by atoms with E-state index < -0.39 is 0 Å². The Kier molecular flexibility index (Phi) is 5.30. The molecule has 2 aliphatic heterocycles. The van der Waals surface area contributed by atoms with Crippen molar-refractivity contribution in [2.24, 2.45) is 5.41 Å². The van der Waals surface area contributed by atoms with Gasteiger partial charge in [0.25, 0.3) is 0 Å². The molecule has 0 amide bonds. The highest BCUT2D eigenvalue weighted by molar-refractivity contribution is 5.45. The molecule has 2 fully saturated rings. The van der Waals surface area contributed by atoms with Crippen molar-refractivity contribution >= 4 is 11.8 Å². The van der Waals surface area contributed by atoms with Gasteiger partial charge in [-0.1, -0.05) is 30.3 Å². The molecule has 4 rings (SSSR count). The summed E-state index contributed by atoms with van der Waals surface area (Å²) in [4.78, 5) is 13.8. The van der Waals surface area contributed by atoms with Crippen molar-refractivity contribution < 1.29 is 0 Å². The number of nitrogens with two attached hydrogens (primary N) is 1. The Morgan fingerprint density at radius 2 is 1.93 bits per heavy atom. The normalized spacial score (nSPS) is 23.2. The second-order valence-corrected chi connectivity index (χ2v) is 8.37. The summed E-state index contributed by atoms with van der Waals surface area (Å²) < 4.78 is 0. The van der Waals surface area contributed by atoms with Crippen LogP contribution in [0.2, 0.25) is 0 Å². The molecule has 1 aromatic carbocycles. The van der Waals surface area contributed by atoms with Crippen molar-refractivity contribution in [3.63, 3.8) is 0 Å². The predicted molar refractivity (Wildman–Crippen MR) is 111 cm³/mol. The molecule has 27 heavy (non-hydrogen) atoms. The van der Waals surface area contributed by atoms with Crippen LogP contribution in [0, 0.1) is 12.3 Å². The summed E-state index contributed by atoms with van der Waals surface area (Å²) in [5.41, 5.74) is 8.68. The Bertz CT molecular complexity index is 742. The lowest BCUT2D eigenvalue weighted by molar-refractivity contribution is 0.104. The Morgan fingerprint density at radius 3 is 2.74 bits per heavy atom. The van der Waals surface area contributed by atoms with E-state index in [9.17, 15) is 0 Å². The largest absolute Gasteiger partial charge is 0.368 e. The summed E-state index contributed by atoms with van der Waals surface area (Å²) in [6.45, 7) is 7.83. The second-order valence-electron chi connectivity index (χ2n) is 8.37. The molecular formula is C22H31N5. The summed E-state index contributed by atoms with van der Waals surface area (Å²) in [6, 6.07) is 12.9. The van der Waals surface area contributed by atoms with E-state index in [1.165, 1.54) is 57.3 Å². The molecule has 5 heteroatoms. The molecule has 0 aliphatic carbocycles. The minimum atomic E-state index is 0.386. The van der Waals surface area contributed by atoms with Crippen molar-refractivity contribution in [2.75, 3.05) is 43.4 Å². The van der Waals surface area contributed by atoms with Gasteiger partial charge in [-0.25, -0.2) is 4.98 Å². The van der Waals surface area contributed by atoms with Crippen LogP contribution in [0.4, 0.5) is 11.8 Å². The van der Waals surface area contributed by atoms with Crippen molar-refractivity contribution in [1.82, 2.24) is 14.9 Å². The van der Waals surface area contributed by atoms with Gasteiger partial charge in [-0.15, -0.1) is 0 Å². The van der Waals surface area contributed by atoms with Crippen LogP contribution in [0.5, 0.6) is 0 Å². The maximum absolute atomic E-state index is 5.86. The molecule has 2 N–H and O–H groups in total. The van der Waals surface area contributed by atoms with Crippen LogP contribution in [0.3, 0.4) is 0 Å². The third-order valence-electron chi connectivity index (χ3n) is 6.14. The molecule has 3 heterocycles. The van der Waals surface area contributed by atoms with Crippen molar-refractivity contribution in [3.05, 3.63) is 47.7 Å². The summed E-state index contributed by atoms with van der Waals surface area (Å²) in [5, 5.41) is 0. The van der Waals surface area contributed by atoms with E-state index in [-0.39, 0.29) is 0 Å². The van der Waals surface area contributed by atoms with E-state index in [1.54, 1.807) is 0 Å². The molecule has 144 valence electrons. The number of piperidine rings is 1. The van der Waals surface area contributed by atoms with Gasteiger partial charge < -0.3 is 15.5 Å². The Hall–Kier alpha value is -2.14. The number of hydrogen-bond donors (Lipinski definition) is 1. The van der Waals surface area contributed by atoms with Crippen molar-refractivity contribution in [1.29, 1.82) is 0 Å². The zero-order chi connectivity index (χ0) is 18.7. The number of anilines is 2. The van der Waals surface area contributed by atoms with Crippen LogP contribution < -0.4 is 10.6 Å². The topological polar surface area (TPSA) is 58.3 Å². The molecule has 0 radical (unpaired) electrons. The highest BCUT2D eigenvalue weighted by Crippen LogP contribution is 2.40. The summed E-state index contributed by atoms with van der Waals surface area (Å²) in [7, 11) is 0. The van der Waals surface area contributed by atoms with Crippen LogP contribution in [-0.4, -0.2) is 47.6 Å². The van der Waals surface area contributed by atoms with Gasteiger partial charge in [0, 0.05) is 36.8 Å². The van der Waals surface area contributed by atoms with Gasteiger partial charge in [0.15, 0.2) is 0 Å². The van der Waals surface area contributed by atoms with Gasteiger partial charge >= 0.3 is 0 Å². The van der Waals surface area contributed by atoms with Crippen molar-refractivity contribution in [3.8, 4) is 0 Å². The molecular weight excluding hydrogens is 334 g/mol. The SMILES string of the molecule is Cc1cc(N2CC[C@]3(CCCN(CCCc4ccccc4)C3)C2)nc(N)n1. The number of nitrogen functional groups attached to an aromatic ring is 1. The second kappa shape index (κ2) is 7.85. The van der Waals surface area contributed by atoms with E-state index in [1.807, 2.05) is 6.92 Å². The summed E-state index contributed by atoms with van der Waals surface area (Å²) in [6.07, 6.45) is 6.31. The molecule has 0 saturated carbocycles. The van der Waals surface area contributed by atoms with E-state index in [4.69, 9.17) is 5.73 Å². The van der Waals surface area contributed by atoms with Crippen LogP contribution in [0.25, 0.3) is 0 Å². The first-order valence-corrected chi connectivity index (χ1v) is 10.2. The number of benzene rings is 1. The predicted octanol–water partition coefficient (Wildman–Crippen LogP) is 3.29. The third-order valence-corrected chi connectivity index (χ3v) is 6.14. The van der Waals surface area contributed by atoms with E-state index >= 15 is 0 Å². The molecule has 1 atom stereocenters. The van der Waals surface area contributed by atoms with Crippen molar-refractivity contribution in [2.45, 2.75) is 39.0 Å². The van der Waals surface area contributed by atoms with Gasteiger partial charge in [-0.2, -0.15) is 4.98 Å². The number of aryl methyl sites for hydroxylation is 2. The Balaban J connectivity index is 1.33. The van der Waals surface area contributed by atoms with Gasteiger partial charge in [-0.05, 0) is 57.7 Å². The van der Waals surface area contributed by atoms with Crippen LogP contribution in [0.1, 0.15) is 36.9 Å². The maximum Gasteiger partial charge on any atom is 0.222 e. The lowest BCUT2D eigenvalue weighted by Crippen LogP contribution is -2.45. The highest BCUT2D eigenvalue weighted by atomic mass is 15.3. The van der Waals surface area contributed by atoms with E-state index in [0.717, 1.165) is 24.6 Å². The molecule has 2 aliphatic rings. The molecule has 5 nitrogen and oxygen atoms in total. The molecule has 2 saturated heterocycles. The first-order chi connectivity index (χ1) is 13.1. The van der Waals surface area contributed by atoms with Gasteiger partial charge in [0.1, 0.15) is 5.82 Å². The zero-order valence-electron chi connectivity index (χ0n) is 16.4. The average Bonchev–Trinajstić information content (AvgIpc) is 3.05. The summed E-state index contributed by atoms with van der Waals surface area (Å²) in [5.74, 6) is 1.38. The van der Waals surface area contributed by atoms with Gasteiger partial charge in [-0.3, -0.25) is 0 Å². The molecule has 0 bridgehead atoms.